The van der Waals surface area contributed by atoms with Crippen LogP contribution in [0.1, 0.15) is 59.8 Å². The van der Waals surface area contributed by atoms with Gasteiger partial charge in [-0.25, -0.2) is 0 Å². The Morgan fingerprint density at radius 1 is 1.25 bits per heavy atom. The van der Waals surface area contributed by atoms with Crippen molar-refractivity contribution in [3.8, 4) is 0 Å². The summed E-state index contributed by atoms with van der Waals surface area (Å²) in [6.07, 6.45) is 9.71. The summed E-state index contributed by atoms with van der Waals surface area (Å²) < 4.78 is 5.49. The van der Waals surface area contributed by atoms with Gasteiger partial charge in [-0.15, -0.1) is 0 Å². The minimum atomic E-state index is -0.423. The number of hydrogen-bond acceptors (Lipinski definition) is 2. The third kappa shape index (κ3) is 3.99. The van der Waals surface area contributed by atoms with Crippen LogP contribution in [-0.2, 0) is 9.53 Å². The maximum atomic E-state index is 12.1. The SMILES string of the molecule is CC(C)(C)OC(=O)C1(C)/C=C\CCCCC1. The molecule has 1 rings (SSSR count). The molecule has 1 unspecified atom stereocenters. The largest absolute Gasteiger partial charge is 0.459 e. The van der Waals surface area contributed by atoms with Crippen molar-refractivity contribution in [3.05, 3.63) is 12.2 Å². The zero-order valence-electron chi connectivity index (χ0n) is 11.0. The van der Waals surface area contributed by atoms with Crippen LogP contribution in [0.5, 0.6) is 0 Å². The predicted molar refractivity (Wildman–Crippen MR) is 66.2 cm³/mol. The van der Waals surface area contributed by atoms with Gasteiger partial charge in [0, 0.05) is 0 Å². The minimum Gasteiger partial charge on any atom is -0.459 e. The molecular weight excluding hydrogens is 200 g/mol. The minimum absolute atomic E-state index is 0.0850. The molecule has 0 heterocycles. The zero-order chi connectivity index (χ0) is 12.2. The number of carbonyl (C=O) groups excluding carboxylic acids is 1. The topological polar surface area (TPSA) is 26.3 Å². The van der Waals surface area contributed by atoms with Crippen molar-refractivity contribution in [3.63, 3.8) is 0 Å². The number of carbonyl (C=O) groups is 1. The van der Waals surface area contributed by atoms with E-state index in [1.54, 1.807) is 0 Å². The van der Waals surface area contributed by atoms with Gasteiger partial charge in [0.1, 0.15) is 5.60 Å². The quantitative estimate of drug-likeness (QED) is 0.499. The van der Waals surface area contributed by atoms with E-state index in [9.17, 15) is 4.79 Å². The molecular formula is C14H24O2. The molecule has 2 nitrogen and oxygen atoms in total. The maximum Gasteiger partial charge on any atom is 0.316 e. The number of rotatable bonds is 1. The fourth-order valence-electron chi connectivity index (χ4n) is 1.92. The molecule has 0 fully saturated rings. The summed E-state index contributed by atoms with van der Waals surface area (Å²) in [6, 6.07) is 0. The highest BCUT2D eigenvalue weighted by Crippen LogP contribution is 2.32. The Kier molecular flexibility index (Phi) is 4.17. The summed E-state index contributed by atoms with van der Waals surface area (Å²) in [4.78, 5) is 12.1. The van der Waals surface area contributed by atoms with Crippen LogP contribution in [0.15, 0.2) is 12.2 Å². The molecule has 0 spiro atoms. The molecule has 0 radical (unpaired) electrons. The highest BCUT2D eigenvalue weighted by molar-refractivity contribution is 5.79. The molecule has 1 atom stereocenters. The average Bonchev–Trinajstić information content (AvgIpc) is 2.08. The second kappa shape index (κ2) is 5.03. The van der Waals surface area contributed by atoms with Crippen LogP contribution < -0.4 is 0 Å². The van der Waals surface area contributed by atoms with E-state index >= 15 is 0 Å². The van der Waals surface area contributed by atoms with Crippen molar-refractivity contribution in [2.75, 3.05) is 0 Å². The van der Waals surface area contributed by atoms with Gasteiger partial charge in [0.15, 0.2) is 0 Å². The van der Waals surface area contributed by atoms with Crippen LogP contribution in [0, 0.1) is 5.41 Å². The predicted octanol–water partition coefficient (Wildman–Crippen LogP) is 3.85. The first kappa shape index (κ1) is 13.3. The maximum absolute atomic E-state index is 12.1. The number of hydrogen-bond donors (Lipinski definition) is 0. The van der Waals surface area contributed by atoms with Crippen molar-refractivity contribution < 1.29 is 9.53 Å². The summed E-state index contributed by atoms with van der Waals surface area (Å²) in [5.41, 5.74) is -0.815. The van der Waals surface area contributed by atoms with Gasteiger partial charge < -0.3 is 4.74 Å². The first-order valence-electron chi connectivity index (χ1n) is 6.25. The first-order valence-corrected chi connectivity index (χ1v) is 6.25. The molecule has 1 aliphatic rings. The lowest BCUT2D eigenvalue weighted by molar-refractivity contribution is -0.164. The van der Waals surface area contributed by atoms with E-state index < -0.39 is 11.0 Å². The molecule has 1 aliphatic carbocycles. The molecule has 0 aromatic carbocycles. The lowest BCUT2D eigenvalue weighted by atomic mass is 9.82. The highest BCUT2D eigenvalue weighted by atomic mass is 16.6. The van der Waals surface area contributed by atoms with Gasteiger partial charge in [-0.3, -0.25) is 4.79 Å². The normalized spacial score (nSPS) is 29.0. The molecule has 0 saturated carbocycles. The molecule has 0 saturated heterocycles. The van der Waals surface area contributed by atoms with E-state index in [2.05, 4.69) is 6.08 Å². The van der Waals surface area contributed by atoms with E-state index in [1.807, 2.05) is 33.8 Å². The third-order valence-corrected chi connectivity index (χ3v) is 2.92. The zero-order valence-corrected chi connectivity index (χ0v) is 11.0. The number of ether oxygens (including phenoxy) is 1. The van der Waals surface area contributed by atoms with Crippen molar-refractivity contribution in [1.82, 2.24) is 0 Å². The van der Waals surface area contributed by atoms with Crippen LogP contribution in [0.4, 0.5) is 0 Å². The van der Waals surface area contributed by atoms with Gasteiger partial charge in [0.2, 0.25) is 0 Å². The van der Waals surface area contributed by atoms with Gasteiger partial charge in [-0.05, 0) is 47.0 Å². The Morgan fingerprint density at radius 2 is 1.94 bits per heavy atom. The summed E-state index contributed by atoms with van der Waals surface area (Å²) in [5.74, 6) is -0.0850. The molecule has 0 bridgehead atoms. The van der Waals surface area contributed by atoms with E-state index in [-0.39, 0.29) is 5.97 Å². The first-order chi connectivity index (χ1) is 7.33. The summed E-state index contributed by atoms with van der Waals surface area (Å²) in [6.45, 7) is 7.74. The molecule has 0 aromatic rings. The van der Waals surface area contributed by atoms with Gasteiger partial charge in [0.25, 0.3) is 0 Å². The second-order valence-electron chi connectivity index (χ2n) is 5.92. The smallest absolute Gasteiger partial charge is 0.316 e. The van der Waals surface area contributed by atoms with Crippen molar-refractivity contribution in [2.45, 2.75) is 65.4 Å². The van der Waals surface area contributed by atoms with Gasteiger partial charge in [-0.1, -0.05) is 25.0 Å². The lowest BCUT2D eigenvalue weighted by Gasteiger charge is -2.30. The molecule has 0 amide bonds. The number of esters is 1. The lowest BCUT2D eigenvalue weighted by Crippen LogP contribution is -2.34. The fourth-order valence-corrected chi connectivity index (χ4v) is 1.92. The average molecular weight is 224 g/mol. The van der Waals surface area contributed by atoms with Crippen LogP contribution in [0.25, 0.3) is 0 Å². The Labute approximate surface area is 99.1 Å². The highest BCUT2D eigenvalue weighted by Gasteiger charge is 2.34. The molecule has 2 heteroatoms. The van der Waals surface area contributed by atoms with Crippen LogP contribution in [0.2, 0.25) is 0 Å². The Bertz CT molecular complexity index is 273. The van der Waals surface area contributed by atoms with E-state index in [4.69, 9.17) is 4.74 Å². The Hall–Kier alpha value is -0.790. The van der Waals surface area contributed by atoms with Gasteiger partial charge in [-0.2, -0.15) is 0 Å². The van der Waals surface area contributed by atoms with E-state index in [0.29, 0.717) is 0 Å². The standard InChI is InChI=1S/C14H24O2/c1-13(2,3)16-12(15)14(4)10-8-6-5-7-9-11-14/h8,10H,5-7,9,11H2,1-4H3/b10-8-. The van der Waals surface area contributed by atoms with Crippen LogP contribution >= 0.6 is 0 Å². The van der Waals surface area contributed by atoms with Gasteiger partial charge in [0.05, 0.1) is 5.41 Å². The van der Waals surface area contributed by atoms with Crippen LogP contribution in [0.3, 0.4) is 0 Å². The molecule has 0 aliphatic heterocycles. The number of allylic oxidation sites excluding steroid dienone is 1. The molecule has 0 aromatic heterocycles. The Morgan fingerprint density at radius 3 is 2.56 bits per heavy atom. The monoisotopic (exact) mass is 224 g/mol. The molecule has 92 valence electrons. The Balaban J connectivity index is 2.73. The van der Waals surface area contributed by atoms with Gasteiger partial charge >= 0.3 is 5.97 Å². The molecule has 16 heavy (non-hydrogen) atoms. The summed E-state index contributed by atoms with van der Waals surface area (Å²) in [7, 11) is 0. The summed E-state index contributed by atoms with van der Waals surface area (Å²) in [5, 5.41) is 0. The van der Waals surface area contributed by atoms with E-state index in [0.717, 1.165) is 19.3 Å². The summed E-state index contributed by atoms with van der Waals surface area (Å²) >= 11 is 0. The van der Waals surface area contributed by atoms with Crippen molar-refractivity contribution >= 4 is 5.97 Å². The van der Waals surface area contributed by atoms with Crippen molar-refractivity contribution in [1.29, 1.82) is 0 Å². The van der Waals surface area contributed by atoms with Crippen molar-refractivity contribution in [2.24, 2.45) is 5.41 Å². The fraction of sp³-hybridized carbons (Fsp3) is 0.786. The second-order valence-corrected chi connectivity index (χ2v) is 5.92. The third-order valence-electron chi connectivity index (χ3n) is 2.92. The van der Waals surface area contributed by atoms with E-state index in [1.165, 1.54) is 12.8 Å². The van der Waals surface area contributed by atoms with Crippen LogP contribution in [-0.4, -0.2) is 11.6 Å². The molecule has 0 N–H and O–H groups in total.